The first-order valence-corrected chi connectivity index (χ1v) is 14.4. The number of sulfone groups is 1. The summed E-state index contributed by atoms with van der Waals surface area (Å²) in [6.45, 7) is 1.37. The molecule has 40 heavy (non-hydrogen) atoms. The molecule has 1 fully saturated rings. The molecule has 2 aromatic heterocycles. The van der Waals surface area contributed by atoms with E-state index in [9.17, 15) is 31.5 Å². The molecule has 0 spiro atoms. The summed E-state index contributed by atoms with van der Waals surface area (Å²) in [6.07, 6.45) is -1.19. The Labute approximate surface area is 228 Å². The van der Waals surface area contributed by atoms with Gasteiger partial charge in [-0.1, -0.05) is 25.1 Å². The predicted octanol–water partition coefficient (Wildman–Crippen LogP) is 4.59. The van der Waals surface area contributed by atoms with Gasteiger partial charge in [0.25, 0.3) is 5.91 Å². The zero-order valence-corrected chi connectivity index (χ0v) is 22.4. The minimum absolute atomic E-state index is 0.0120. The third kappa shape index (κ3) is 5.73. The topological polar surface area (TPSA) is 114 Å². The second-order valence-electron chi connectivity index (χ2n) is 9.76. The van der Waals surface area contributed by atoms with E-state index in [1.54, 1.807) is 16.8 Å². The molecule has 8 nitrogen and oxygen atoms in total. The second-order valence-corrected chi connectivity index (χ2v) is 12.0. The summed E-state index contributed by atoms with van der Waals surface area (Å²) in [7, 11) is -3.49. The van der Waals surface area contributed by atoms with Gasteiger partial charge in [-0.2, -0.15) is 18.3 Å². The molecule has 0 atom stereocenters. The minimum Gasteiger partial charge on any atom is -0.392 e. The Morgan fingerprint density at radius 1 is 1.12 bits per heavy atom. The van der Waals surface area contributed by atoms with Gasteiger partial charge in [0.05, 0.1) is 47.1 Å². The maximum Gasteiger partial charge on any atom is 0.416 e. The van der Waals surface area contributed by atoms with Crippen LogP contribution in [0.2, 0.25) is 0 Å². The van der Waals surface area contributed by atoms with Crippen LogP contribution < -0.4 is 5.32 Å². The van der Waals surface area contributed by atoms with Crippen molar-refractivity contribution in [2.45, 2.75) is 56.5 Å². The Kier molecular flexibility index (Phi) is 7.40. The minimum atomic E-state index is -4.40. The van der Waals surface area contributed by atoms with Crippen molar-refractivity contribution in [1.29, 1.82) is 0 Å². The van der Waals surface area contributed by atoms with Crippen molar-refractivity contribution in [1.82, 2.24) is 20.1 Å². The third-order valence-corrected chi connectivity index (χ3v) is 8.68. The number of aliphatic hydroxyl groups excluding tert-OH is 1. The standard InChI is InChI=1S/C28H27F3N4O4S/c1-2-40(38,39)22-11-20(16-36)25(32-13-22)14-33-27(37)19-7-10-23-24(12-19)34-35(26(23)18-5-6-18)15-17-3-8-21(9-4-17)28(29,30)31/h3-4,7-13,18,36H,2,5-6,14-16H2,1H3,(H,33,37). The summed E-state index contributed by atoms with van der Waals surface area (Å²) in [6, 6.07) is 11.6. The van der Waals surface area contributed by atoms with Crippen LogP contribution in [0.3, 0.4) is 0 Å². The van der Waals surface area contributed by atoms with Crippen LogP contribution >= 0.6 is 0 Å². The van der Waals surface area contributed by atoms with E-state index in [1.165, 1.54) is 31.3 Å². The molecule has 5 rings (SSSR count). The number of nitrogens with zero attached hydrogens (tertiary/aromatic N) is 3. The van der Waals surface area contributed by atoms with Crippen LogP contribution in [-0.2, 0) is 35.7 Å². The number of rotatable bonds is 9. The van der Waals surface area contributed by atoms with Crippen molar-refractivity contribution in [2.75, 3.05) is 5.75 Å². The summed E-state index contributed by atoms with van der Waals surface area (Å²) in [4.78, 5) is 17.1. The number of carbonyl (C=O) groups is 1. The fourth-order valence-electron chi connectivity index (χ4n) is 4.59. The molecule has 0 aliphatic heterocycles. The van der Waals surface area contributed by atoms with E-state index in [2.05, 4.69) is 15.4 Å². The van der Waals surface area contributed by atoms with Crippen molar-refractivity contribution in [2.24, 2.45) is 0 Å². The fourth-order valence-corrected chi connectivity index (χ4v) is 5.46. The van der Waals surface area contributed by atoms with Gasteiger partial charge in [-0.3, -0.25) is 14.5 Å². The molecule has 210 valence electrons. The monoisotopic (exact) mass is 572 g/mol. The maximum atomic E-state index is 13.0. The van der Waals surface area contributed by atoms with Gasteiger partial charge in [0.2, 0.25) is 0 Å². The van der Waals surface area contributed by atoms with Crippen molar-refractivity contribution in [3.05, 3.63) is 88.4 Å². The van der Waals surface area contributed by atoms with E-state index in [0.29, 0.717) is 40.4 Å². The van der Waals surface area contributed by atoms with Gasteiger partial charge < -0.3 is 10.4 Å². The largest absolute Gasteiger partial charge is 0.416 e. The Hall–Kier alpha value is -3.77. The number of amides is 1. The van der Waals surface area contributed by atoms with Crippen LogP contribution in [0.4, 0.5) is 13.2 Å². The lowest BCUT2D eigenvalue weighted by molar-refractivity contribution is -0.137. The van der Waals surface area contributed by atoms with Gasteiger partial charge in [0.1, 0.15) is 0 Å². The number of alkyl halides is 3. The van der Waals surface area contributed by atoms with Crippen molar-refractivity contribution >= 4 is 26.6 Å². The van der Waals surface area contributed by atoms with Gasteiger partial charge in [-0.05, 0) is 48.7 Å². The Morgan fingerprint density at radius 3 is 2.48 bits per heavy atom. The smallest absolute Gasteiger partial charge is 0.392 e. The van der Waals surface area contributed by atoms with Crippen LogP contribution in [0.25, 0.3) is 10.9 Å². The summed E-state index contributed by atoms with van der Waals surface area (Å²) < 4.78 is 64.9. The lowest BCUT2D eigenvalue weighted by Gasteiger charge is -2.10. The number of aliphatic hydroxyl groups is 1. The summed E-state index contributed by atoms with van der Waals surface area (Å²) in [5.41, 5.74) is 2.59. The first-order valence-electron chi connectivity index (χ1n) is 12.8. The lowest BCUT2D eigenvalue weighted by Crippen LogP contribution is -2.24. The Morgan fingerprint density at radius 2 is 1.85 bits per heavy atom. The Bertz CT molecular complexity index is 1680. The fraction of sp³-hybridized carbons (Fsp3) is 0.321. The first kappa shape index (κ1) is 27.8. The predicted molar refractivity (Wildman–Crippen MR) is 141 cm³/mol. The van der Waals surface area contributed by atoms with Gasteiger partial charge in [-0.15, -0.1) is 0 Å². The molecule has 1 amide bonds. The van der Waals surface area contributed by atoms with Crippen molar-refractivity contribution in [3.8, 4) is 0 Å². The number of carbonyl (C=O) groups excluding carboxylic acids is 1. The van der Waals surface area contributed by atoms with Gasteiger partial charge in [0.15, 0.2) is 9.84 Å². The molecular formula is C28H27F3N4O4S. The molecule has 4 aromatic rings. The lowest BCUT2D eigenvalue weighted by atomic mass is 10.1. The second kappa shape index (κ2) is 10.7. The Balaban J connectivity index is 1.35. The normalized spacial score (nSPS) is 14.0. The average Bonchev–Trinajstić information content (AvgIpc) is 3.71. The number of fused-ring (bicyclic) bond motifs is 1. The highest BCUT2D eigenvalue weighted by atomic mass is 32.2. The average molecular weight is 573 g/mol. The van der Waals surface area contributed by atoms with Crippen LogP contribution in [-0.4, -0.2) is 39.9 Å². The molecule has 2 N–H and O–H groups in total. The van der Waals surface area contributed by atoms with Crippen LogP contribution in [0, 0.1) is 0 Å². The number of aromatic nitrogens is 3. The summed E-state index contributed by atoms with van der Waals surface area (Å²) in [5.74, 6) is -0.189. The molecule has 0 saturated heterocycles. The molecule has 0 bridgehead atoms. The molecule has 1 saturated carbocycles. The van der Waals surface area contributed by atoms with E-state index < -0.39 is 34.1 Å². The molecule has 0 unspecified atom stereocenters. The number of nitrogens with one attached hydrogen (secondary N) is 1. The summed E-state index contributed by atoms with van der Waals surface area (Å²) >= 11 is 0. The molecule has 2 aromatic carbocycles. The third-order valence-electron chi connectivity index (χ3n) is 6.98. The van der Waals surface area contributed by atoms with E-state index in [4.69, 9.17) is 0 Å². The quantitative estimate of drug-likeness (QED) is 0.303. The zero-order valence-electron chi connectivity index (χ0n) is 21.6. The van der Waals surface area contributed by atoms with Crippen molar-refractivity contribution < 1.29 is 31.5 Å². The zero-order chi connectivity index (χ0) is 28.7. The van der Waals surface area contributed by atoms with E-state index in [-0.39, 0.29) is 17.2 Å². The van der Waals surface area contributed by atoms with Crippen molar-refractivity contribution in [3.63, 3.8) is 0 Å². The van der Waals surface area contributed by atoms with E-state index >= 15 is 0 Å². The maximum absolute atomic E-state index is 13.0. The molecule has 2 heterocycles. The highest BCUT2D eigenvalue weighted by molar-refractivity contribution is 7.91. The van der Waals surface area contributed by atoms with Gasteiger partial charge in [-0.25, -0.2) is 8.42 Å². The van der Waals surface area contributed by atoms with Crippen LogP contribution in [0.5, 0.6) is 0 Å². The number of pyridine rings is 1. The highest BCUT2D eigenvalue weighted by Crippen LogP contribution is 2.43. The molecular weight excluding hydrogens is 545 g/mol. The summed E-state index contributed by atoms with van der Waals surface area (Å²) in [5, 5.41) is 18.0. The first-order chi connectivity index (χ1) is 19.0. The number of benzene rings is 2. The molecule has 0 radical (unpaired) electrons. The van der Waals surface area contributed by atoms with E-state index in [1.807, 2.05) is 6.07 Å². The van der Waals surface area contributed by atoms with E-state index in [0.717, 1.165) is 36.1 Å². The number of halogens is 3. The highest BCUT2D eigenvalue weighted by Gasteiger charge is 2.31. The van der Waals surface area contributed by atoms with Crippen LogP contribution in [0.15, 0.2) is 59.6 Å². The molecule has 12 heteroatoms. The van der Waals surface area contributed by atoms with Crippen LogP contribution in [0.1, 0.15) is 64.1 Å². The molecule has 1 aliphatic carbocycles. The van der Waals surface area contributed by atoms with Gasteiger partial charge >= 0.3 is 6.18 Å². The number of hydrogen-bond acceptors (Lipinski definition) is 6. The van der Waals surface area contributed by atoms with Gasteiger partial charge in [0, 0.05) is 34.3 Å². The number of hydrogen-bond donors (Lipinski definition) is 2. The molecule has 1 aliphatic rings. The SMILES string of the molecule is CCS(=O)(=O)c1cnc(CNC(=O)c2ccc3c(C4CC4)n(Cc4ccc(C(F)(F)F)cc4)nc3c2)c(CO)c1.